The fraction of sp³-hybridized carbons (Fsp3) is 0.636. The summed E-state index contributed by atoms with van der Waals surface area (Å²) in [4.78, 5) is 7.31. The molecule has 0 spiro atoms. The lowest BCUT2D eigenvalue weighted by Crippen LogP contribution is -2.41. The van der Waals surface area contributed by atoms with Crippen LogP contribution in [0.3, 0.4) is 0 Å². The number of ether oxygens (including phenoxy) is 1. The highest BCUT2D eigenvalue weighted by atomic mass is 16.7. The molecule has 0 unspecified atom stereocenters. The molecule has 0 N–H and O–H groups in total. The van der Waals surface area contributed by atoms with Gasteiger partial charge in [0.05, 0.1) is 25.1 Å². The standard InChI is InChI=1S/C11H17BN2O3/c1-10(2)11(3,4)17-12(16-10)8-6-13-9(15-5)14-7-8/h6-7H,1-5H3/i5D3,6D,7D. The van der Waals surface area contributed by atoms with Crippen LogP contribution in [0.15, 0.2) is 12.3 Å². The van der Waals surface area contributed by atoms with E-state index in [4.69, 9.17) is 16.2 Å². The number of hydrogen-bond donors (Lipinski definition) is 0. The van der Waals surface area contributed by atoms with Crippen molar-refractivity contribution in [2.24, 2.45) is 0 Å². The largest absolute Gasteiger partial charge is 0.498 e. The molecule has 0 atom stereocenters. The van der Waals surface area contributed by atoms with Crippen LogP contribution in [0.4, 0.5) is 0 Å². The molecule has 0 aromatic carbocycles. The summed E-state index contributed by atoms with van der Waals surface area (Å²) in [5, 5.41) is 0. The van der Waals surface area contributed by atoms with Crippen LogP contribution < -0.4 is 10.2 Å². The van der Waals surface area contributed by atoms with Gasteiger partial charge in [0.2, 0.25) is 0 Å². The van der Waals surface area contributed by atoms with Gasteiger partial charge in [0.25, 0.3) is 0 Å². The Balaban J connectivity index is 2.34. The van der Waals surface area contributed by atoms with Gasteiger partial charge in [0.15, 0.2) is 0 Å². The number of aromatic nitrogens is 2. The van der Waals surface area contributed by atoms with E-state index in [0.717, 1.165) is 0 Å². The van der Waals surface area contributed by atoms with E-state index in [9.17, 15) is 0 Å². The van der Waals surface area contributed by atoms with Crippen molar-refractivity contribution in [3.63, 3.8) is 0 Å². The van der Waals surface area contributed by atoms with Gasteiger partial charge in [-0.15, -0.1) is 0 Å². The summed E-state index contributed by atoms with van der Waals surface area (Å²) < 4.78 is 52.8. The molecule has 1 aliphatic heterocycles. The van der Waals surface area contributed by atoms with Gasteiger partial charge in [-0.1, -0.05) is 0 Å². The van der Waals surface area contributed by atoms with Crippen LogP contribution >= 0.6 is 0 Å². The number of rotatable bonds is 2. The van der Waals surface area contributed by atoms with Gasteiger partial charge in [0.1, 0.15) is 0 Å². The Morgan fingerprint density at radius 1 is 1.24 bits per heavy atom. The molecule has 0 amide bonds. The van der Waals surface area contributed by atoms with E-state index >= 15 is 0 Å². The van der Waals surface area contributed by atoms with Crippen LogP contribution in [0.2, 0.25) is 0 Å². The predicted molar refractivity (Wildman–Crippen MR) is 64.3 cm³/mol. The second-order valence-corrected chi connectivity index (χ2v) is 4.83. The summed E-state index contributed by atoms with van der Waals surface area (Å²) in [5.74, 6) is 0. The SMILES string of the molecule is [2H]c1nc(OC([2H])([2H])[2H])nc([2H])c1B1OC(C)(C)C(C)(C)O1. The Morgan fingerprint density at radius 3 is 2.24 bits per heavy atom. The Morgan fingerprint density at radius 2 is 1.76 bits per heavy atom. The smallest absolute Gasteiger partial charge is 0.467 e. The zero-order chi connectivity index (χ0) is 16.9. The molecule has 1 aromatic rings. The molecule has 6 heteroatoms. The van der Waals surface area contributed by atoms with Crippen molar-refractivity contribution in [2.45, 2.75) is 38.9 Å². The van der Waals surface area contributed by atoms with Crippen molar-refractivity contribution >= 4 is 12.6 Å². The van der Waals surface area contributed by atoms with Crippen molar-refractivity contribution in [1.29, 1.82) is 0 Å². The maximum atomic E-state index is 7.89. The van der Waals surface area contributed by atoms with E-state index in [-0.39, 0.29) is 17.8 Å². The molecule has 92 valence electrons. The van der Waals surface area contributed by atoms with Gasteiger partial charge in [-0.05, 0) is 27.7 Å². The molecule has 0 saturated carbocycles. The van der Waals surface area contributed by atoms with E-state index in [1.807, 2.05) is 27.7 Å². The second-order valence-electron chi connectivity index (χ2n) is 4.83. The van der Waals surface area contributed by atoms with Crippen LogP contribution in [0.1, 0.15) is 34.5 Å². The molecule has 0 radical (unpaired) electrons. The van der Waals surface area contributed by atoms with E-state index in [2.05, 4.69) is 14.7 Å². The van der Waals surface area contributed by atoms with Crippen molar-refractivity contribution < 1.29 is 20.9 Å². The summed E-state index contributed by atoms with van der Waals surface area (Å²) in [6.07, 6.45) is -0.726. The van der Waals surface area contributed by atoms with Crippen LogP contribution in [-0.4, -0.2) is 35.3 Å². The highest BCUT2D eigenvalue weighted by Gasteiger charge is 2.51. The fourth-order valence-corrected chi connectivity index (χ4v) is 1.38. The Kier molecular flexibility index (Phi) is 1.71. The first-order valence-corrected chi connectivity index (χ1v) is 5.22. The Labute approximate surface area is 109 Å². The molecule has 1 aliphatic rings. The topological polar surface area (TPSA) is 53.5 Å². The molecular weight excluding hydrogens is 219 g/mol. The molecule has 2 heterocycles. The van der Waals surface area contributed by atoms with E-state index < -0.39 is 31.4 Å². The average molecular weight is 241 g/mol. The molecule has 1 fully saturated rings. The normalized spacial score (nSPS) is 26.6. The third kappa shape index (κ3) is 2.15. The number of nitrogens with zero attached hydrogens (tertiary/aromatic N) is 2. The van der Waals surface area contributed by atoms with Gasteiger partial charge in [-0.2, -0.15) is 0 Å². The highest BCUT2D eigenvalue weighted by molar-refractivity contribution is 6.61. The first-order chi connectivity index (χ1) is 9.82. The average Bonchev–Trinajstić information content (AvgIpc) is 2.43. The highest BCUT2D eigenvalue weighted by Crippen LogP contribution is 2.36. The van der Waals surface area contributed by atoms with E-state index in [1.54, 1.807) is 0 Å². The maximum Gasteiger partial charge on any atom is 0.498 e. The summed E-state index contributed by atoms with van der Waals surface area (Å²) >= 11 is 0. The predicted octanol–water partition coefficient (Wildman–Crippen LogP) is 0.784. The molecule has 0 aliphatic carbocycles. The lowest BCUT2D eigenvalue weighted by Gasteiger charge is -2.32. The molecule has 1 saturated heterocycles. The summed E-state index contributed by atoms with van der Waals surface area (Å²) in [7, 11) is -3.71. The van der Waals surface area contributed by atoms with Crippen LogP contribution in [0.25, 0.3) is 0 Å². The molecule has 1 aromatic heterocycles. The van der Waals surface area contributed by atoms with E-state index in [0.29, 0.717) is 0 Å². The van der Waals surface area contributed by atoms with Crippen molar-refractivity contribution in [1.82, 2.24) is 9.97 Å². The molecule has 17 heavy (non-hydrogen) atoms. The first kappa shape index (κ1) is 7.33. The summed E-state index contributed by atoms with van der Waals surface area (Å²) in [6.45, 7) is 7.36. The Hall–Kier alpha value is -1.14. The summed E-state index contributed by atoms with van der Waals surface area (Å²) in [6, 6.07) is -0.546. The lowest BCUT2D eigenvalue weighted by molar-refractivity contribution is 0.00578. The molecular formula is C11H17BN2O3. The second kappa shape index (κ2) is 3.96. The minimum Gasteiger partial charge on any atom is -0.467 e. The minimum absolute atomic E-state index is 0.0385. The van der Waals surface area contributed by atoms with Gasteiger partial charge in [0, 0.05) is 17.8 Å². The molecule has 0 bridgehead atoms. The zero-order valence-corrected chi connectivity index (χ0v) is 10.2. The monoisotopic (exact) mass is 241 g/mol. The quantitative estimate of drug-likeness (QED) is 0.716. The third-order valence-corrected chi connectivity index (χ3v) is 3.12. The van der Waals surface area contributed by atoms with E-state index in [1.165, 1.54) is 0 Å². The fourth-order valence-electron chi connectivity index (χ4n) is 1.38. The van der Waals surface area contributed by atoms with Gasteiger partial charge < -0.3 is 14.0 Å². The van der Waals surface area contributed by atoms with Crippen LogP contribution in [0.5, 0.6) is 6.01 Å². The molecule has 5 nitrogen and oxygen atoms in total. The zero-order valence-electron chi connectivity index (χ0n) is 15.2. The number of hydrogen-bond acceptors (Lipinski definition) is 5. The van der Waals surface area contributed by atoms with Crippen LogP contribution in [-0.2, 0) is 9.31 Å². The first-order valence-electron chi connectivity index (χ1n) is 7.72. The lowest BCUT2D eigenvalue weighted by atomic mass is 9.81. The van der Waals surface area contributed by atoms with Crippen molar-refractivity contribution in [2.75, 3.05) is 7.04 Å². The van der Waals surface area contributed by atoms with Gasteiger partial charge >= 0.3 is 13.1 Å². The summed E-state index contributed by atoms with van der Waals surface area (Å²) in [5.41, 5.74) is -1.23. The van der Waals surface area contributed by atoms with Gasteiger partial charge in [-0.3, -0.25) is 0 Å². The third-order valence-electron chi connectivity index (χ3n) is 3.12. The number of methoxy groups -OCH3 is 1. The van der Waals surface area contributed by atoms with Crippen LogP contribution in [0, 0.1) is 0 Å². The minimum atomic E-state index is -2.75. The maximum absolute atomic E-state index is 7.89. The van der Waals surface area contributed by atoms with Crippen molar-refractivity contribution in [3.8, 4) is 6.01 Å². The van der Waals surface area contributed by atoms with Gasteiger partial charge in [-0.25, -0.2) is 9.97 Å². The van der Waals surface area contributed by atoms with Crippen molar-refractivity contribution in [3.05, 3.63) is 12.3 Å². The Bertz CT molecular complexity index is 555. The molecule has 2 rings (SSSR count).